The summed E-state index contributed by atoms with van der Waals surface area (Å²) in [6, 6.07) is 13.5. The van der Waals surface area contributed by atoms with Crippen molar-refractivity contribution in [2.45, 2.75) is 31.3 Å². The zero-order valence-electron chi connectivity index (χ0n) is 17.0. The van der Waals surface area contributed by atoms with Crippen LogP contribution in [-0.2, 0) is 12.0 Å². The quantitative estimate of drug-likeness (QED) is 0.803. The summed E-state index contributed by atoms with van der Waals surface area (Å²) in [6.45, 7) is 1.45. The number of ketones is 1. The molecule has 1 heterocycles. The van der Waals surface area contributed by atoms with E-state index in [1.807, 2.05) is 42.6 Å². The zero-order valence-corrected chi connectivity index (χ0v) is 17.0. The van der Waals surface area contributed by atoms with Gasteiger partial charge in [0.1, 0.15) is 0 Å². The molecule has 152 valence electrons. The predicted molar refractivity (Wildman–Crippen MR) is 111 cm³/mol. The van der Waals surface area contributed by atoms with Crippen molar-refractivity contribution in [2.75, 3.05) is 27.3 Å². The van der Waals surface area contributed by atoms with E-state index in [1.54, 1.807) is 20.3 Å². The van der Waals surface area contributed by atoms with Gasteiger partial charge in [-0.1, -0.05) is 30.3 Å². The molecule has 1 aliphatic carbocycles. The van der Waals surface area contributed by atoms with E-state index >= 15 is 0 Å². The lowest BCUT2D eigenvalue weighted by Gasteiger charge is -2.38. The van der Waals surface area contributed by atoms with Crippen LogP contribution < -0.4 is 9.47 Å². The molecule has 0 radical (unpaired) electrons. The van der Waals surface area contributed by atoms with E-state index in [0.717, 1.165) is 36.2 Å². The first-order chi connectivity index (χ1) is 14.0. The van der Waals surface area contributed by atoms with Gasteiger partial charge in [-0.15, -0.1) is 0 Å². The van der Waals surface area contributed by atoms with E-state index in [-0.39, 0.29) is 5.78 Å². The third kappa shape index (κ3) is 3.75. The molecule has 29 heavy (non-hydrogen) atoms. The van der Waals surface area contributed by atoms with Crippen LogP contribution in [0.2, 0.25) is 0 Å². The fourth-order valence-electron chi connectivity index (χ4n) is 4.30. The second-order valence-electron chi connectivity index (χ2n) is 7.78. The van der Waals surface area contributed by atoms with Crippen LogP contribution in [0.4, 0.5) is 0 Å². The summed E-state index contributed by atoms with van der Waals surface area (Å²) < 4.78 is 10.7. The fourth-order valence-corrected chi connectivity index (χ4v) is 4.30. The molecule has 5 heteroatoms. The molecule has 1 fully saturated rings. The Morgan fingerprint density at radius 2 is 1.66 bits per heavy atom. The van der Waals surface area contributed by atoms with Gasteiger partial charge in [-0.3, -0.25) is 4.79 Å². The van der Waals surface area contributed by atoms with Crippen molar-refractivity contribution in [1.29, 1.82) is 0 Å². The number of Topliss-reactive ketones (excluding diaryl/α,β-unsaturated/α-hetero) is 1. The Morgan fingerprint density at radius 1 is 1.00 bits per heavy atom. The van der Waals surface area contributed by atoms with Gasteiger partial charge in [0.05, 0.1) is 19.8 Å². The summed E-state index contributed by atoms with van der Waals surface area (Å²) in [5, 5.41) is 11.0. The molecule has 2 aromatic rings. The predicted octanol–water partition coefficient (Wildman–Crippen LogP) is 3.70. The summed E-state index contributed by atoms with van der Waals surface area (Å²) in [7, 11) is 3.18. The number of likely N-dealkylation sites (tertiary alicyclic amines) is 1. The lowest BCUT2D eigenvalue weighted by atomic mass is 9.84. The Kier molecular flexibility index (Phi) is 5.33. The van der Waals surface area contributed by atoms with Gasteiger partial charge in [-0.05, 0) is 48.9 Å². The Bertz CT molecular complexity index is 927. The zero-order chi connectivity index (χ0) is 20.4. The number of aryl methyl sites for hydroxylation is 1. The molecule has 1 aliphatic heterocycles. The molecule has 0 unspecified atom stereocenters. The maximum absolute atomic E-state index is 13.1. The molecule has 1 N–H and O–H groups in total. The minimum atomic E-state index is -0.788. The van der Waals surface area contributed by atoms with Crippen molar-refractivity contribution in [3.8, 4) is 11.5 Å². The molecular weight excluding hydrogens is 366 g/mol. The number of piperidine rings is 1. The van der Waals surface area contributed by atoms with Gasteiger partial charge in [0.2, 0.25) is 0 Å². The van der Waals surface area contributed by atoms with E-state index < -0.39 is 5.60 Å². The fraction of sp³-hybridized carbons (Fsp3) is 0.375. The molecule has 1 saturated heterocycles. The van der Waals surface area contributed by atoms with Crippen LogP contribution in [0.15, 0.2) is 54.2 Å². The summed E-state index contributed by atoms with van der Waals surface area (Å²) in [6.07, 6.45) is 4.80. The van der Waals surface area contributed by atoms with Crippen LogP contribution in [0, 0.1) is 0 Å². The minimum absolute atomic E-state index is 0.0519. The second kappa shape index (κ2) is 7.91. The maximum Gasteiger partial charge on any atom is 0.190 e. The number of carbonyl (C=O) groups is 1. The van der Waals surface area contributed by atoms with Gasteiger partial charge in [0.15, 0.2) is 17.3 Å². The van der Waals surface area contributed by atoms with Crippen molar-refractivity contribution < 1.29 is 19.4 Å². The summed E-state index contributed by atoms with van der Waals surface area (Å²) in [4.78, 5) is 15.2. The van der Waals surface area contributed by atoms with E-state index in [4.69, 9.17) is 9.47 Å². The number of aliphatic hydroxyl groups is 1. The third-order valence-electron chi connectivity index (χ3n) is 6.08. The maximum atomic E-state index is 13.1. The first-order valence-corrected chi connectivity index (χ1v) is 10.1. The molecule has 2 aromatic carbocycles. The molecule has 0 aromatic heterocycles. The number of carbonyl (C=O) groups excluding carboxylic acids is 1. The van der Waals surface area contributed by atoms with Crippen molar-refractivity contribution in [1.82, 2.24) is 4.90 Å². The highest BCUT2D eigenvalue weighted by atomic mass is 16.5. The van der Waals surface area contributed by atoms with Gasteiger partial charge >= 0.3 is 0 Å². The summed E-state index contributed by atoms with van der Waals surface area (Å²) in [5.74, 6) is 1.28. The standard InChI is InChI=1S/C24H27NO4/c1-28-21-14-17-8-9-18(23(26)20(17)15-22(21)29-2)16-25-12-10-24(27,11-13-25)19-6-4-3-5-7-19/h3-7,14-16,27H,8-13H2,1-2H3. The molecule has 4 rings (SSSR count). The number of methoxy groups -OCH3 is 2. The number of fused-ring (bicyclic) bond motifs is 1. The lowest BCUT2D eigenvalue weighted by molar-refractivity contribution is -0.0162. The molecule has 0 amide bonds. The largest absolute Gasteiger partial charge is 0.493 e. The van der Waals surface area contributed by atoms with Gasteiger partial charge in [0.25, 0.3) is 0 Å². The van der Waals surface area contributed by atoms with E-state index in [9.17, 15) is 9.90 Å². The van der Waals surface area contributed by atoms with Crippen LogP contribution in [0.3, 0.4) is 0 Å². The van der Waals surface area contributed by atoms with Crippen LogP contribution >= 0.6 is 0 Å². The van der Waals surface area contributed by atoms with Gasteiger partial charge in [-0.25, -0.2) is 0 Å². The Hall–Kier alpha value is -2.79. The normalized spacial score (nSPS) is 19.8. The molecule has 0 atom stereocenters. The number of nitrogens with zero attached hydrogens (tertiary/aromatic N) is 1. The monoisotopic (exact) mass is 393 g/mol. The highest BCUT2D eigenvalue weighted by molar-refractivity contribution is 6.11. The first kappa shape index (κ1) is 19.5. The van der Waals surface area contributed by atoms with Crippen LogP contribution in [0.1, 0.15) is 40.7 Å². The smallest absolute Gasteiger partial charge is 0.190 e. The summed E-state index contributed by atoms with van der Waals surface area (Å²) >= 11 is 0. The van der Waals surface area contributed by atoms with E-state index in [0.29, 0.717) is 36.3 Å². The number of benzene rings is 2. The van der Waals surface area contributed by atoms with Crippen LogP contribution in [-0.4, -0.2) is 43.1 Å². The van der Waals surface area contributed by atoms with Crippen LogP contribution in [0.5, 0.6) is 11.5 Å². The molecule has 2 aliphatic rings. The lowest BCUT2D eigenvalue weighted by Crippen LogP contribution is -2.40. The summed E-state index contributed by atoms with van der Waals surface area (Å²) in [5.41, 5.74) is 2.69. The average Bonchev–Trinajstić information content (AvgIpc) is 2.77. The molecule has 0 spiro atoms. The first-order valence-electron chi connectivity index (χ1n) is 10.1. The van der Waals surface area contributed by atoms with Crippen LogP contribution in [0.25, 0.3) is 0 Å². The van der Waals surface area contributed by atoms with E-state index in [2.05, 4.69) is 4.90 Å². The van der Waals surface area contributed by atoms with Gasteiger partial charge < -0.3 is 19.5 Å². The molecule has 0 saturated carbocycles. The molecule has 0 bridgehead atoms. The number of hydrogen-bond donors (Lipinski definition) is 1. The highest BCUT2D eigenvalue weighted by Crippen LogP contribution is 2.37. The average molecular weight is 393 g/mol. The van der Waals surface area contributed by atoms with Crippen molar-refractivity contribution >= 4 is 5.78 Å². The van der Waals surface area contributed by atoms with Crippen molar-refractivity contribution in [3.05, 3.63) is 70.9 Å². The Labute approximate surface area is 171 Å². The number of hydrogen-bond acceptors (Lipinski definition) is 5. The topological polar surface area (TPSA) is 59.0 Å². The van der Waals surface area contributed by atoms with Crippen molar-refractivity contribution in [3.63, 3.8) is 0 Å². The Morgan fingerprint density at radius 3 is 2.31 bits per heavy atom. The molecule has 5 nitrogen and oxygen atoms in total. The number of allylic oxidation sites excluding steroid dienone is 1. The molecular formula is C24H27NO4. The SMILES string of the molecule is COc1cc2c(cc1OC)C(=O)C(=CN1CCC(O)(c3ccccc3)CC1)CC2. The van der Waals surface area contributed by atoms with E-state index in [1.165, 1.54) is 0 Å². The van der Waals surface area contributed by atoms with Crippen molar-refractivity contribution in [2.24, 2.45) is 0 Å². The second-order valence-corrected chi connectivity index (χ2v) is 7.78. The Balaban J connectivity index is 1.50. The third-order valence-corrected chi connectivity index (χ3v) is 6.08. The number of ether oxygens (including phenoxy) is 2. The van der Waals surface area contributed by atoms with Gasteiger partial charge in [0, 0.05) is 30.4 Å². The highest BCUT2D eigenvalue weighted by Gasteiger charge is 2.34. The number of rotatable bonds is 4. The minimum Gasteiger partial charge on any atom is -0.493 e. The van der Waals surface area contributed by atoms with Gasteiger partial charge in [-0.2, -0.15) is 0 Å².